The van der Waals surface area contributed by atoms with Crippen molar-refractivity contribution in [2.75, 3.05) is 75.9 Å². The average molecular weight is 900 g/mol. The summed E-state index contributed by atoms with van der Waals surface area (Å²) in [7, 11) is -4.64. The highest BCUT2D eigenvalue weighted by Crippen LogP contribution is 2.43. The molecule has 0 radical (unpaired) electrons. The molecular formula is C45H50ClN7O9S. The van der Waals surface area contributed by atoms with Gasteiger partial charge < -0.3 is 34.5 Å². The zero-order chi connectivity index (χ0) is 44.4. The number of fused-ring (bicyclic) bond motifs is 1. The van der Waals surface area contributed by atoms with E-state index in [9.17, 15) is 28.4 Å². The van der Waals surface area contributed by atoms with Crippen LogP contribution in [0.15, 0.2) is 95.7 Å². The molecule has 2 saturated heterocycles. The van der Waals surface area contributed by atoms with E-state index >= 15 is 0 Å². The first-order valence-electron chi connectivity index (χ1n) is 20.8. The quantitative estimate of drug-likeness (QED) is 0.0695. The SMILES string of the molecule is CC1(C)CCC(CN2CCN(c3ccc(C(=O)NS(=O)(=O)c4ccc(NCC5(O)COCCOC5)c([N+](=O)[O-])c4)c(Oc4cnc5[nH]ccc5c4)c3)CC2)=C(c2ccc(Cl)cc2)C1. The first kappa shape index (κ1) is 44.1. The first-order chi connectivity index (χ1) is 30.1. The minimum atomic E-state index is -4.64. The van der Waals surface area contributed by atoms with E-state index in [0.29, 0.717) is 37.7 Å². The van der Waals surface area contributed by atoms with Gasteiger partial charge in [0, 0.05) is 73.7 Å². The lowest BCUT2D eigenvalue weighted by molar-refractivity contribution is -0.384. The van der Waals surface area contributed by atoms with Crippen molar-refractivity contribution in [1.29, 1.82) is 0 Å². The lowest BCUT2D eigenvalue weighted by Gasteiger charge is -2.39. The molecule has 1 aliphatic carbocycles. The molecule has 2 fully saturated rings. The molecule has 3 aromatic carbocycles. The molecule has 4 N–H and O–H groups in total. The number of sulfonamides is 1. The maximum Gasteiger partial charge on any atom is 0.293 e. The largest absolute Gasteiger partial charge is 0.455 e. The summed E-state index contributed by atoms with van der Waals surface area (Å²) in [6.45, 7) is 8.83. The molecule has 16 nitrogen and oxygen atoms in total. The summed E-state index contributed by atoms with van der Waals surface area (Å²) >= 11 is 6.24. The summed E-state index contributed by atoms with van der Waals surface area (Å²) in [5.41, 5.74) is 3.55. The number of halogens is 1. The van der Waals surface area contributed by atoms with Crippen molar-refractivity contribution in [3.63, 3.8) is 0 Å². The van der Waals surface area contributed by atoms with E-state index < -0.39 is 37.0 Å². The molecule has 2 aromatic heterocycles. The number of aromatic nitrogens is 2. The number of allylic oxidation sites excluding steroid dienone is 1. The predicted octanol–water partition coefficient (Wildman–Crippen LogP) is 7.01. The maximum absolute atomic E-state index is 13.9. The van der Waals surface area contributed by atoms with Crippen molar-refractivity contribution in [3.8, 4) is 11.5 Å². The number of carbonyl (C=O) groups is 1. The minimum absolute atomic E-state index is 0.0409. The van der Waals surface area contributed by atoms with Gasteiger partial charge in [-0.25, -0.2) is 18.1 Å². The number of amides is 1. The fraction of sp³-hybridized carbons (Fsp3) is 0.378. The molecular weight excluding hydrogens is 850 g/mol. The number of nitro groups is 1. The van der Waals surface area contributed by atoms with Gasteiger partial charge in [-0.05, 0) is 84.3 Å². The van der Waals surface area contributed by atoms with E-state index in [2.05, 4.69) is 55.8 Å². The Kier molecular flexibility index (Phi) is 12.8. The molecule has 0 unspecified atom stereocenters. The summed E-state index contributed by atoms with van der Waals surface area (Å²) in [4.78, 5) is 36.9. The summed E-state index contributed by atoms with van der Waals surface area (Å²) in [6.07, 6.45) is 6.41. The fourth-order valence-corrected chi connectivity index (χ4v) is 9.35. The summed E-state index contributed by atoms with van der Waals surface area (Å²) in [6, 6.07) is 19.9. The van der Waals surface area contributed by atoms with Gasteiger partial charge in [-0.15, -0.1) is 0 Å². The number of hydrogen-bond donors (Lipinski definition) is 4. The molecule has 5 aromatic rings. The van der Waals surface area contributed by atoms with Gasteiger partial charge in [-0.2, -0.15) is 0 Å². The van der Waals surface area contributed by atoms with Gasteiger partial charge in [0.1, 0.15) is 28.4 Å². The number of piperazine rings is 1. The monoisotopic (exact) mass is 899 g/mol. The molecule has 0 saturated carbocycles. The van der Waals surface area contributed by atoms with E-state index in [1.54, 1.807) is 24.4 Å². The fourth-order valence-electron chi connectivity index (χ4n) is 8.24. The molecule has 0 atom stereocenters. The van der Waals surface area contributed by atoms with Crippen molar-refractivity contribution in [1.82, 2.24) is 19.6 Å². The van der Waals surface area contributed by atoms with Crippen molar-refractivity contribution in [2.24, 2.45) is 5.41 Å². The third-order valence-corrected chi connectivity index (χ3v) is 13.3. The van der Waals surface area contributed by atoms with Crippen LogP contribution < -0.4 is 19.7 Å². The van der Waals surface area contributed by atoms with Crippen LogP contribution in [0.2, 0.25) is 5.02 Å². The van der Waals surface area contributed by atoms with E-state index in [4.69, 9.17) is 25.8 Å². The highest BCUT2D eigenvalue weighted by atomic mass is 35.5. The van der Waals surface area contributed by atoms with E-state index in [0.717, 1.165) is 67.1 Å². The lowest BCUT2D eigenvalue weighted by atomic mass is 9.72. The molecule has 3 aliphatic rings. The van der Waals surface area contributed by atoms with E-state index in [1.165, 1.54) is 35.0 Å². The number of hydrogen-bond acceptors (Lipinski definition) is 13. The van der Waals surface area contributed by atoms with Crippen LogP contribution in [0.5, 0.6) is 11.5 Å². The molecule has 4 heterocycles. The van der Waals surface area contributed by atoms with Gasteiger partial charge in [-0.3, -0.25) is 19.8 Å². The Morgan fingerprint density at radius 1 is 1.02 bits per heavy atom. The highest BCUT2D eigenvalue weighted by molar-refractivity contribution is 7.90. The summed E-state index contributed by atoms with van der Waals surface area (Å²) in [5, 5.41) is 27.3. The molecule has 332 valence electrons. The van der Waals surface area contributed by atoms with Crippen LogP contribution >= 0.6 is 11.6 Å². The van der Waals surface area contributed by atoms with Gasteiger partial charge in [0.25, 0.3) is 21.6 Å². The van der Waals surface area contributed by atoms with Crippen molar-refractivity contribution in [2.45, 2.75) is 43.6 Å². The molecule has 1 amide bonds. The lowest BCUT2D eigenvalue weighted by Crippen LogP contribution is -2.47. The maximum atomic E-state index is 13.9. The van der Waals surface area contributed by atoms with Crippen molar-refractivity contribution < 1.29 is 37.5 Å². The Balaban J connectivity index is 1.00. The third-order valence-electron chi connectivity index (χ3n) is 11.8. The number of H-pyrrole nitrogens is 1. The van der Waals surface area contributed by atoms with Gasteiger partial charge in [0.05, 0.1) is 48.0 Å². The average Bonchev–Trinajstić information content (AvgIpc) is 3.62. The zero-order valence-corrected chi connectivity index (χ0v) is 36.6. The standard InChI is InChI=1S/C45H50ClN7O9S/c1-44(2)13-11-32(38(24-44)30-3-5-33(46)6-4-30)26-51-15-17-52(18-16-51)34-7-9-37(41(22-34)62-35-21-31-12-14-47-42(31)48-25-35)43(54)50-63(58,59)36-8-10-39(40(23-36)53(56)57)49-27-45(55)28-60-19-20-61-29-45/h3-10,12,14,21-23,25,49,55H,11,13,15-20,24,26-29H2,1-2H3,(H,47,48)(H,50,54). The first-order valence-corrected chi connectivity index (χ1v) is 22.7. The molecule has 0 bridgehead atoms. The second-order valence-electron chi connectivity index (χ2n) is 17.1. The van der Waals surface area contributed by atoms with Crippen molar-refractivity contribution >= 4 is 61.2 Å². The number of anilines is 2. The molecule has 0 spiro atoms. The number of ether oxygens (including phenoxy) is 3. The Morgan fingerprint density at radius 2 is 1.76 bits per heavy atom. The Bertz CT molecular complexity index is 2640. The van der Waals surface area contributed by atoms with Gasteiger partial charge in [-0.1, -0.05) is 43.2 Å². The minimum Gasteiger partial charge on any atom is -0.455 e. The van der Waals surface area contributed by atoms with Crippen LogP contribution in [0.3, 0.4) is 0 Å². The smallest absolute Gasteiger partial charge is 0.293 e. The summed E-state index contributed by atoms with van der Waals surface area (Å²) < 4.78 is 46.5. The summed E-state index contributed by atoms with van der Waals surface area (Å²) in [5.74, 6) is -0.582. The topological polar surface area (TPSA) is 201 Å². The van der Waals surface area contributed by atoms with Crippen LogP contribution in [0.4, 0.5) is 17.1 Å². The highest BCUT2D eigenvalue weighted by Gasteiger charge is 2.33. The van der Waals surface area contributed by atoms with Gasteiger partial charge in [0.2, 0.25) is 0 Å². The van der Waals surface area contributed by atoms with Gasteiger partial charge >= 0.3 is 0 Å². The van der Waals surface area contributed by atoms with Crippen LogP contribution in [-0.2, 0) is 19.5 Å². The van der Waals surface area contributed by atoms with Crippen LogP contribution in [-0.4, -0.2) is 111 Å². The molecule has 8 rings (SSSR count). The van der Waals surface area contributed by atoms with Gasteiger partial charge in [0.15, 0.2) is 0 Å². The third kappa shape index (κ3) is 10.5. The number of rotatable bonds is 13. The van der Waals surface area contributed by atoms with Crippen LogP contribution in [0.1, 0.15) is 49.0 Å². The number of nitro benzene ring substituents is 1. The molecule has 2 aliphatic heterocycles. The number of benzene rings is 3. The number of carbonyl (C=O) groups excluding carboxylic acids is 1. The van der Waals surface area contributed by atoms with Crippen molar-refractivity contribution in [3.05, 3.63) is 117 Å². The Hall–Kier alpha value is -5.56. The van der Waals surface area contributed by atoms with E-state index in [-0.39, 0.29) is 42.2 Å². The predicted molar refractivity (Wildman–Crippen MR) is 240 cm³/mol. The van der Waals surface area contributed by atoms with Crippen LogP contribution in [0.25, 0.3) is 16.6 Å². The second kappa shape index (κ2) is 18.3. The number of pyridine rings is 1. The number of nitrogens with one attached hydrogen (secondary N) is 3. The number of aromatic amines is 1. The Morgan fingerprint density at radius 3 is 2.49 bits per heavy atom. The molecule has 63 heavy (non-hydrogen) atoms. The van der Waals surface area contributed by atoms with E-state index in [1.807, 2.05) is 18.2 Å². The number of aliphatic hydroxyl groups is 1. The second-order valence-corrected chi connectivity index (χ2v) is 19.2. The zero-order valence-electron chi connectivity index (χ0n) is 35.1. The Labute approximate surface area is 370 Å². The molecule has 18 heteroatoms. The number of nitrogens with zero attached hydrogens (tertiary/aromatic N) is 4. The normalized spacial score (nSPS) is 18.2. The van der Waals surface area contributed by atoms with Crippen LogP contribution in [0, 0.1) is 15.5 Å².